The fraction of sp³-hybridized carbons (Fsp3) is 0.706. The van der Waals surface area contributed by atoms with Crippen LogP contribution in [0.3, 0.4) is 0 Å². The first-order valence-electron chi connectivity index (χ1n) is 8.21. The van der Waals surface area contributed by atoms with Crippen molar-refractivity contribution in [3.63, 3.8) is 0 Å². The Balaban J connectivity index is 1.94. The third kappa shape index (κ3) is 3.84. The molecular weight excluding hydrogens is 314 g/mol. The Morgan fingerprint density at radius 2 is 1.79 bits per heavy atom. The summed E-state index contributed by atoms with van der Waals surface area (Å²) >= 11 is 0. The molecule has 0 bridgehead atoms. The van der Waals surface area contributed by atoms with Gasteiger partial charge >= 0.3 is 5.97 Å². The first-order chi connectivity index (χ1) is 11.2. The van der Waals surface area contributed by atoms with Crippen molar-refractivity contribution in [3.05, 3.63) is 12.2 Å². The molecule has 0 N–H and O–H groups in total. The minimum absolute atomic E-state index is 0.135. The molecule has 0 aliphatic carbocycles. The third-order valence-corrected chi connectivity index (χ3v) is 4.71. The topological polar surface area (TPSA) is 82.1 Å². The Hall–Kier alpha value is -1.73. The van der Waals surface area contributed by atoms with Crippen LogP contribution in [-0.4, -0.2) is 54.3 Å². The number of nitrogens with zero attached hydrogens (tertiary/aromatic N) is 1. The highest BCUT2D eigenvalue weighted by molar-refractivity contribution is 6.14. The van der Waals surface area contributed by atoms with Crippen LogP contribution in [-0.2, 0) is 28.6 Å². The lowest BCUT2D eigenvalue weighted by Gasteiger charge is -2.43. The molecule has 7 nitrogen and oxygen atoms in total. The van der Waals surface area contributed by atoms with E-state index in [1.807, 2.05) is 6.92 Å². The van der Waals surface area contributed by atoms with E-state index in [0.29, 0.717) is 6.42 Å². The smallest absolute Gasteiger partial charge is 0.326 e. The summed E-state index contributed by atoms with van der Waals surface area (Å²) in [7, 11) is 0. The molecule has 0 aromatic carbocycles. The second-order valence-corrected chi connectivity index (χ2v) is 6.90. The van der Waals surface area contributed by atoms with Gasteiger partial charge in [-0.2, -0.15) is 0 Å². The summed E-state index contributed by atoms with van der Waals surface area (Å²) in [6, 6.07) is 0. The van der Waals surface area contributed by atoms with E-state index < -0.39 is 29.9 Å². The Labute approximate surface area is 141 Å². The van der Waals surface area contributed by atoms with Crippen LogP contribution >= 0.6 is 0 Å². The molecule has 0 atom stereocenters. The predicted octanol–water partition coefficient (Wildman–Crippen LogP) is 1.41. The van der Waals surface area contributed by atoms with Crippen LogP contribution < -0.4 is 0 Å². The molecule has 2 amide bonds. The van der Waals surface area contributed by atoms with Crippen LogP contribution in [0.4, 0.5) is 0 Å². The van der Waals surface area contributed by atoms with Gasteiger partial charge in [0, 0.05) is 17.6 Å². The van der Waals surface area contributed by atoms with Crippen molar-refractivity contribution in [3.8, 4) is 0 Å². The number of hydrogen-bond acceptors (Lipinski definition) is 6. The van der Waals surface area contributed by atoms with Crippen molar-refractivity contribution in [2.45, 2.75) is 52.4 Å². The quantitative estimate of drug-likeness (QED) is 0.537. The van der Waals surface area contributed by atoms with Gasteiger partial charge in [-0.3, -0.25) is 19.3 Å². The zero-order chi connectivity index (χ0) is 18.0. The van der Waals surface area contributed by atoms with E-state index in [4.69, 9.17) is 14.2 Å². The average molecular weight is 339 g/mol. The number of rotatable bonds is 6. The third-order valence-electron chi connectivity index (χ3n) is 4.71. The van der Waals surface area contributed by atoms with Crippen molar-refractivity contribution in [1.82, 2.24) is 4.90 Å². The standard InChI is InChI=1S/C17H25NO6/c1-5-16(3,4)15-22-10-17(6-2,11-23-15)24-14(21)9-18-12(19)7-8-13(18)20/h7-8,15H,5-6,9-11H2,1-4H3. The molecule has 1 saturated heterocycles. The maximum absolute atomic E-state index is 12.1. The fourth-order valence-electron chi connectivity index (χ4n) is 2.49. The van der Waals surface area contributed by atoms with Crippen molar-refractivity contribution in [2.24, 2.45) is 5.41 Å². The van der Waals surface area contributed by atoms with Gasteiger partial charge in [0.1, 0.15) is 6.54 Å². The molecule has 0 unspecified atom stereocenters. The van der Waals surface area contributed by atoms with E-state index in [1.165, 1.54) is 0 Å². The molecule has 7 heteroatoms. The first kappa shape index (κ1) is 18.6. The van der Waals surface area contributed by atoms with Crippen LogP contribution in [0.25, 0.3) is 0 Å². The van der Waals surface area contributed by atoms with E-state index in [0.717, 1.165) is 23.5 Å². The van der Waals surface area contributed by atoms with Gasteiger partial charge in [0.05, 0.1) is 13.2 Å². The minimum Gasteiger partial charge on any atom is -0.453 e. The second-order valence-electron chi connectivity index (χ2n) is 6.90. The highest BCUT2D eigenvalue weighted by Gasteiger charge is 2.43. The number of esters is 1. The first-order valence-corrected chi connectivity index (χ1v) is 8.21. The highest BCUT2D eigenvalue weighted by Crippen LogP contribution is 2.34. The maximum atomic E-state index is 12.1. The Kier molecular flexibility index (Phi) is 5.45. The molecule has 0 aromatic rings. The normalized spacial score (nSPS) is 27.7. The number of carbonyl (C=O) groups excluding carboxylic acids is 3. The molecule has 2 heterocycles. The molecule has 1 fully saturated rings. The number of hydrogen-bond donors (Lipinski definition) is 0. The Morgan fingerprint density at radius 1 is 1.25 bits per heavy atom. The predicted molar refractivity (Wildman–Crippen MR) is 84.7 cm³/mol. The summed E-state index contributed by atoms with van der Waals surface area (Å²) in [5, 5.41) is 0. The molecule has 2 aliphatic rings. The van der Waals surface area contributed by atoms with Gasteiger partial charge in [-0.15, -0.1) is 0 Å². The van der Waals surface area contributed by atoms with E-state index >= 15 is 0 Å². The highest BCUT2D eigenvalue weighted by atomic mass is 16.7. The molecule has 2 aliphatic heterocycles. The van der Waals surface area contributed by atoms with Crippen LogP contribution in [0.2, 0.25) is 0 Å². The summed E-state index contributed by atoms with van der Waals surface area (Å²) in [4.78, 5) is 36.0. The molecule has 24 heavy (non-hydrogen) atoms. The van der Waals surface area contributed by atoms with Gasteiger partial charge in [-0.1, -0.05) is 27.7 Å². The van der Waals surface area contributed by atoms with E-state index in [-0.39, 0.29) is 24.9 Å². The van der Waals surface area contributed by atoms with Crippen LogP contribution in [0.5, 0.6) is 0 Å². The van der Waals surface area contributed by atoms with Gasteiger partial charge in [-0.05, 0) is 12.8 Å². The number of amides is 2. The maximum Gasteiger partial charge on any atom is 0.326 e. The minimum atomic E-state index is -0.892. The van der Waals surface area contributed by atoms with E-state index in [1.54, 1.807) is 0 Å². The molecule has 0 aromatic heterocycles. The molecule has 0 saturated carbocycles. The zero-order valence-electron chi connectivity index (χ0n) is 14.7. The van der Waals surface area contributed by atoms with Crippen LogP contribution in [0, 0.1) is 5.41 Å². The van der Waals surface area contributed by atoms with Gasteiger partial charge in [0.15, 0.2) is 11.9 Å². The van der Waals surface area contributed by atoms with Crippen LogP contribution in [0.15, 0.2) is 12.2 Å². The lowest BCUT2D eigenvalue weighted by atomic mass is 9.88. The summed E-state index contributed by atoms with van der Waals surface area (Å²) in [5.41, 5.74) is -1.03. The van der Waals surface area contributed by atoms with Crippen molar-refractivity contribution in [2.75, 3.05) is 19.8 Å². The Bertz CT molecular complexity index is 527. The van der Waals surface area contributed by atoms with Gasteiger partial charge < -0.3 is 14.2 Å². The van der Waals surface area contributed by atoms with Crippen molar-refractivity contribution >= 4 is 17.8 Å². The van der Waals surface area contributed by atoms with E-state index in [9.17, 15) is 14.4 Å². The van der Waals surface area contributed by atoms with Gasteiger partial charge in [0.25, 0.3) is 11.8 Å². The number of imide groups is 1. The average Bonchev–Trinajstić information content (AvgIpc) is 2.87. The van der Waals surface area contributed by atoms with Crippen molar-refractivity contribution < 1.29 is 28.6 Å². The molecular formula is C17H25NO6. The summed E-state index contributed by atoms with van der Waals surface area (Å²) in [6.45, 7) is 8.09. The van der Waals surface area contributed by atoms with Crippen LogP contribution in [0.1, 0.15) is 40.5 Å². The molecule has 2 rings (SSSR count). The monoisotopic (exact) mass is 339 g/mol. The summed E-state index contributed by atoms with van der Waals surface area (Å²) < 4.78 is 17.1. The van der Waals surface area contributed by atoms with Gasteiger partial charge in [-0.25, -0.2) is 0 Å². The fourth-order valence-corrected chi connectivity index (χ4v) is 2.49. The lowest BCUT2D eigenvalue weighted by Crippen LogP contribution is -2.54. The zero-order valence-corrected chi connectivity index (χ0v) is 14.7. The number of carbonyl (C=O) groups is 3. The molecule has 0 spiro atoms. The van der Waals surface area contributed by atoms with E-state index in [2.05, 4.69) is 20.8 Å². The summed E-state index contributed by atoms with van der Waals surface area (Å²) in [5.74, 6) is -1.67. The molecule has 0 radical (unpaired) electrons. The summed E-state index contributed by atoms with van der Waals surface area (Å²) in [6.07, 6.45) is 3.32. The van der Waals surface area contributed by atoms with Gasteiger partial charge in [0.2, 0.25) is 0 Å². The number of ether oxygens (including phenoxy) is 3. The lowest BCUT2D eigenvalue weighted by molar-refractivity contribution is -0.290. The second kappa shape index (κ2) is 7.03. The largest absolute Gasteiger partial charge is 0.453 e. The molecule has 134 valence electrons. The Morgan fingerprint density at radius 3 is 2.25 bits per heavy atom. The SMILES string of the molecule is CCC1(OC(=O)CN2C(=O)C=CC2=O)COC(C(C)(C)CC)OC1. The van der Waals surface area contributed by atoms with Crippen molar-refractivity contribution in [1.29, 1.82) is 0 Å².